The minimum Gasteiger partial charge on any atom is -0.232 e. The van der Waals surface area contributed by atoms with E-state index >= 15 is 0 Å². The Hall–Kier alpha value is -0.780. The van der Waals surface area contributed by atoms with Gasteiger partial charge in [-0.2, -0.15) is 74.6 Å². The third-order valence-corrected chi connectivity index (χ3v) is 3.18. The van der Waals surface area contributed by atoms with E-state index in [1.807, 2.05) is 0 Å². The van der Waals surface area contributed by atoms with E-state index in [9.17, 15) is 74.6 Å². The van der Waals surface area contributed by atoms with Crippen LogP contribution in [-0.4, -0.2) is 46.5 Å². The van der Waals surface area contributed by atoms with E-state index in [4.69, 9.17) is 4.39 Å². The average Bonchev–Trinajstić information content (AvgIpc) is 2.45. The number of halogens is 19. The lowest BCUT2D eigenvalue weighted by Crippen LogP contribution is -2.74. The third-order valence-electron chi connectivity index (χ3n) is 2.68. The van der Waals surface area contributed by atoms with Gasteiger partial charge in [-0.25, -0.2) is 4.39 Å². The van der Waals surface area contributed by atoms with Crippen LogP contribution in [0, 0.1) is 7.18 Å². The maximum absolute atomic E-state index is 12.9. The van der Waals surface area contributed by atoms with Crippen LogP contribution >= 0.6 is 15.9 Å². The molecule has 0 saturated carbocycles. The molecule has 0 amide bonds. The van der Waals surface area contributed by atoms with E-state index in [1.54, 1.807) is 0 Å². The molecule has 0 nitrogen and oxygen atoms in total. The van der Waals surface area contributed by atoms with Crippen molar-refractivity contribution in [3.8, 4) is 0 Å². The van der Waals surface area contributed by atoms with Gasteiger partial charge < -0.3 is 0 Å². The molecule has 0 aliphatic carbocycles. The van der Waals surface area contributed by atoms with Crippen molar-refractivity contribution in [1.82, 2.24) is 0 Å². The first-order valence-corrected chi connectivity index (χ1v) is 6.13. The summed E-state index contributed by atoms with van der Waals surface area (Å²) in [5.74, 6) is -49.6. The number of rotatable bonds is 6. The largest absolute Gasteiger partial charge is 0.460 e. The van der Waals surface area contributed by atoms with Crippen molar-refractivity contribution in [2.45, 2.75) is 46.5 Å². The summed E-state index contributed by atoms with van der Waals surface area (Å²) in [6.07, 6.45) is -7.74. The van der Waals surface area contributed by atoms with Crippen LogP contribution < -0.4 is 0 Å². The van der Waals surface area contributed by atoms with Gasteiger partial charge in [0.15, 0.2) is 0 Å². The quantitative estimate of drug-likeness (QED) is 0.261. The first-order chi connectivity index (χ1) is 11.8. The molecule has 0 aromatic heterocycles. The van der Waals surface area contributed by atoms with Gasteiger partial charge in [0.05, 0.1) is 0 Å². The molecule has 0 aromatic carbocycles. The lowest BCUT2D eigenvalue weighted by atomic mass is 9.91. The molecule has 0 aromatic rings. The van der Waals surface area contributed by atoms with E-state index in [1.165, 1.54) is 0 Å². The topological polar surface area (TPSA) is 0 Å². The predicted molar refractivity (Wildman–Crippen MR) is 54.0 cm³/mol. The fourth-order valence-corrected chi connectivity index (χ4v) is 1.39. The van der Waals surface area contributed by atoms with Crippen molar-refractivity contribution in [1.29, 1.82) is 0 Å². The predicted octanol–water partition coefficient (Wildman–Crippen LogP) is 6.85. The van der Waals surface area contributed by atoms with Crippen molar-refractivity contribution < 1.29 is 79.0 Å². The van der Waals surface area contributed by atoms with Crippen LogP contribution in [0.5, 0.6) is 0 Å². The van der Waals surface area contributed by atoms with Gasteiger partial charge in [0.1, 0.15) is 0 Å². The molecule has 169 valence electrons. The molecule has 0 N–H and O–H groups in total. The van der Waals surface area contributed by atoms with Crippen LogP contribution in [0.15, 0.2) is 0 Å². The van der Waals surface area contributed by atoms with Crippen molar-refractivity contribution in [2.75, 3.05) is 0 Å². The summed E-state index contributed by atoms with van der Waals surface area (Å²) in [7, 11) is 4.25. The highest BCUT2D eigenvalue weighted by Crippen LogP contribution is 2.64. The van der Waals surface area contributed by atoms with Crippen LogP contribution in [0.25, 0.3) is 0 Å². The highest BCUT2D eigenvalue weighted by atomic mass is 79.9. The highest BCUT2D eigenvalue weighted by molar-refractivity contribution is 9.10. The Morgan fingerprint density at radius 1 is 0.357 bits per heavy atom. The van der Waals surface area contributed by atoms with Crippen LogP contribution in [0.1, 0.15) is 0 Å². The van der Waals surface area contributed by atoms with Crippen LogP contribution in [0.2, 0.25) is 0 Å². The summed E-state index contributed by atoms with van der Waals surface area (Å²) in [5.41, 5.74) is 0. The Kier molecular flexibility index (Phi) is 7.86. The van der Waals surface area contributed by atoms with Gasteiger partial charge in [-0.05, 0) is 15.9 Å². The molecule has 0 spiro atoms. The number of hydrogen-bond donors (Lipinski definition) is 0. The van der Waals surface area contributed by atoms with Gasteiger partial charge in [0, 0.05) is 0 Å². The Balaban J connectivity index is 0. The van der Waals surface area contributed by atoms with Crippen LogP contribution in [-0.2, 0) is 0 Å². The van der Waals surface area contributed by atoms with Crippen LogP contribution in [0.3, 0.4) is 0 Å². The van der Waals surface area contributed by atoms with Crippen molar-refractivity contribution >= 4 is 15.9 Å². The fourth-order valence-electron chi connectivity index (χ4n) is 1.14. The normalized spacial score (nSPS) is 15.9. The first kappa shape index (κ1) is 29.4. The maximum atomic E-state index is 12.9. The minimum atomic E-state index is -8.58. The SMILES string of the molecule is FC(F)(F)C(F)(F)C(F)(F)C(F)(F)C(F)(F)C(F)(F)C(F)(F)C(F)(F)Br.[C]F. The zero-order chi connectivity index (χ0) is 24.0. The third kappa shape index (κ3) is 3.82. The molecule has 0 bridgehead atoms. The molecular weight excluding hydrogens is 530 g/mol. The average molecular weight is 530 g/mol. The van der Waals surface area contributed by atoms with Gasteiger partial charge >= 0.3 is 46.5 Å². The van der Waals surface area contributed by atoms with Gasteiger partial charge in [0.25, 0.3) is 0 Å². The molecule has 3 radical (unpaired) electrons. The summed E-state index contributed by atoms with van der Waals surface area (Å²) >= 11 is 0.360. The second-order valence-electron chi connectivity index (χ2n) is 4.44. The van der Waals surface area contributed by atoms with E-state index < -0.39 is 46.5 Å². The zero-order valence-corrected chi connectivity index (χ0v) is 13.3. The highest BCUT2D eigenvalue weighted by Gasteiger charge is 2.95. The summed E-state index contributed by atoms with van der Waals surface area (Å²) in [6.45, 7) is 0. The van der Waals surface area contributed by atoms with Crippen LogP contribution in [0.4, 0.5) is 79.0 Å². The smallest absolute Gasteiger partial charge is 0.232 e. The summed E-state index contributed by atoms with van der Waals surface area (Å²) in [4.78, 5) is -6.50. The summed E-state index contributed by atoms with van der Waals surface area (Å²) < 4.78 is 221. The molecule has 0 unspecified atom stereocenters. The van der Waals surface area contributed by atoms with E-state index in [0.717, 1.165) is 0 Å². The molecule has 0 heterocycles. The van der Waals surface area contributed by atoms with Gasteiger partial charge in [-0.3, -0.25) is 0 Å². The molecule has 28 heavy (non-hydrogen) atoms. The second-order valence-corrected chi connectivity index (χ2v) is 5.44. The minimum absolute atomic E-state index is 0.360. The van der Waals surface area contributed by atoms with Crippen molar-refractivity contribution in [3.05, 3.63) is 7.18 Å². The zero-order valence-electron chi connectivity index (χ0n) is 11.7. The lowest BCUT2D eigenvalue weighted by molar-refractivity contribution is -0.457. The lowest BCUT2D eigenvalue weighted by Gasteiger charge is -2.42. The molecule has 0 atom stereocenters. The Morgan fingerprint density at radius 2 is 0.536 bits per heavy atom. The number of alkyl halides is 18. The van der Waals surface area contributed by atoms with Gasteiger partial charge in [-0.15, -0.1) is 0 Å². The Morgan fingerprint density at radius 3 is 0.714 bits per heavy atom. The molecule has 0 rings (SSSR count). The van der Waals surface area contributed by atoms with Gasteiger partial charge in [0.2, 0.25) is 7.18 Å². The molecule has 0 fully saturated rings. The molecule has 0 aliphatic heterocycles. The first-order valence-electron chi connectivity index (χ1n) is 5.34. The fraction of sp³-hybridized carbons (Fsp3) is 0.889. The van der Waals surface area contributed by atoms with E-state index in [-0.39, 0.29) is 0 Å². The molecular formula is C9BrF18. The summed E-state index contributed by atoms with van der Waals surface area (Å²) in [6, 6.07) is 0. The molecule has 0 saturated heterocycles. The Bertz CT molecular complexity index is 476. The van der Waals surface area contributed by atoms with Crippen molar-refractivity contribution in [2.24, 2.45) is 0 Å². The number of hydrogen-bond acceptors (Lipinski definition) is 0. The molecule has 0 aliphatic rings. The summed E-state index contributed by atoms with van der Waals surface area (Å²) in [5, 5.41) is 0. The Labute approximate surface area is 150 Å². The molecule has 19 heteroatoms. The van der Waals surface area contributed by atoms with Crippen molar-refractivity contribution in [3.63, 3.8) is 0 Å². The standard InChI is InChI=1S/C8BrF17.CF/c9-7(22,23)5(18,19)3(14,15)1(10,11)2(12,13)4(16,17)6(20,21)8(24,25)26;1-2. The van der Waals surface area contributed by atoms with E-state index in [0.29, 0.717) is 15.9 Å². The maximum Gasteiger partial charge on any atom is 0.460 e. The monoisotopic (exact) mass is 529 g/mol. The van der Waals surface area contributed by atoms with Gasteiger partial charge in [-0.1, -0.05) is 0 Å². The second kappa shape index (κ2) is 7.48. The van der Waals surface area contributed by atoms with E-state index in [2.05, 4.69) is 7.18 Å².